The number of aliphatic hydroxyl groups is 1. The van der Waals surface area contributed by atoms with E-state index in [0.29, 0.717) is 5.11 Å². The Hall–Kier alpha value is -1.32. The van der Waals surface area contributed by atoms with E-state index in [1.807, 2.05) is 13.8 Å². The van der Waals surface area contributed by atoms with Crippen molar-refractivity contribution in [2.75, 3.05) is 26.7 Å². The Kier molecular flexibility index (Phi) is 13.5. The monoisotopic (exact) mass is 360 g/mol. The number of rotatable bonds is 7. The highest BCUT2D eigenvalue weighted by molar-refractivity contribution is 7.80. The third-order valence-corrected chi connectivity index (χ3v) is 3.44. The average molecular weight is 361 g/mol. The molecule has 1 saturated carbocycles. The number of thiocarbonyl (C=S) groups is 2. The van der Waals surface area contributed by atoms with Crippen LogP contribution in [0.25, 0.3) is 0 Å². The van der Waals surface area contributed by atoms with Crippen molar-refractivity contribution < 1.29 is 5.11 Å². The van der Waals surface area contributed by atoms with Gasteiger partial charge in [0.1, 0.15) is 0 Å². The molecule has 0 aromatic heterocycles. The molecule has 0 bridgehead atoms. The molecule has 0 aromatic rings. The van der Waals surface area contributed by atoms with Gasteiger partial charge in [-0.05, 0) is 45.3 Å². The summed E-state index contributed by atoms with van der Waals surface area (Å²) in [5, 5.41) is 23.8. The zero-order valence-electron chi connectivity index (χ0n) is 14.1. The molecular formula is C14H28N6OS2. The summed E-state index contributed by atoms with van der Waals surface area (Å²) in [7, 11) is 1.76. The summed E-state index contributed by atoms with van der Waals surface area (Å²) in [4.78, 5) is 0. The lowest BCUT2D eigenvalue weighted by Gasteiger charge is -2.09. The minimum absolute atomic E-state index is 0.171. The van der Waals surface area contributed by atoms with E-state index in [-0.39, 0.29) is 12.5 Å². The van der Waals surface area contributed by atoms with Gasteiger partial charge >= 0.3 is 0 Å². The minimum atomic E-state index is 0.171. The zero-order valence-corrected chi connectivity index (χ0v) is 15.7. The highest BCUT2D eigenvalue weighted by Gasteiger charge is 2.28. The van der Waals surface area contributed by atoms with Gasteiger partial charge in [-0.2, -0.15) is 10.2 Å². The third kappa shape index (κ3) is 9.42. The molecular weight excluding hydrogens is 332 g/mol. The van der Waals surface area contributed by atoms with Gasteiger partial charge in [-0.3, -0.25) is 5.43 Å². The first-order chi connectivity index (χ1) is 11.1. The van der Waals surface area contributed by atoms with Crippen molar-refractivity contribution in [2.24, 2.45) is 16.1 Å². The van der Waals surface area contributed by atoms with Crippen LogP contribution in [0.2, 0.25) is 0 Å². The van der Waals surface area contributed by atoms with Crippen LogP contribution >= 0.6 is 24.4 Å². The van der Waals surface area contributed by atoms with Gasteiger partial charge in [0.2, 0.25) is 0 Å². The Morgan fingerprint density at radius 1 is 1.35 bits per heavy atom. The van der Waals surface area contributed by atoms with Crippen molar-refractivity contribution >= 4 is 46.5 Å². The second-order valence-electron chi connectivity index (χ2n) is 4.67. The van der Waals surface area contributed by atoms with Crippen LogP contribution in [-0.4, -0.2) is 53.9 Å². The summed E-state index contributed by atoms with van der Waals surface area (Å²) in [5.74, 6) is 0.274. The standard InChI is InChI=1S/C11H21N5OS.C3H7NS/c1-3-13-11(18)16-14-9-5-4-8(6-7-17)10(9)15-12-2;1-2-4-3-5/h8,12,17H,3-7H2,1-2H3,(H2,13,16,18);3H,2H2,1H3,(H,4,5)/b14-9+,15-10+;. The van der Waals surface area contributed by atoms with Gasteiger partial charge in [0.15, 0.2) is 5.11 Å². The molecule has 0 heterocycles. The molecule has 9 heteroatoms. The first-order valence-electron chi connectivity index (χ1n) is 7.77. The number of nitrogens with one attached hydrogen (secondary N) is 4. The number of hydrogen-bond donors (Lipinski definition) is 5. The van der Waals surface area contributed by atoms with Crippen LogP contribution in [0.5, 0.6) is 0 Å². The summed E-state index contributed by atoms with van der Waals surface area (Å²) < 4.78 is 0. The molecule has 0 aliphatic heterocycles. The van der Waals surface area contributed by atoms with E-state index in [2.05, 4.69) is 43.9 Å². The number of hydrazone groups is 2. The first-order valence-corrected chi connectivity index (χ1v) is 8.65. The van der Waals surface area contributed by atoms with Gasteiger partial charge in [0, 0.05) is 32.7 Å². The number of aliphatic hydroxyl groups excluding tert-OH is 1. The lowest BCUT2D eigenvalue weighted by Crippen LogP contribution is -2.33. The highest BCUT2D eigenvalue weighted by atomic mass is 32.1. The van der Waals surface area contributed by atoms with Crippen LogP contribution < -0.4 is 21.5 Å². The molecule has 1 rings (SSSR count). The Morgan fingerprint density at radius 3 is 2.57 bits per heavy atom. The molecule has 132 valence electrons. The fraction of sp³-hybridized carbons (Fsp3) is 0.714. The molecule has 1 unspecified atom stereocenters. The van der Waals surface area contributed by atoms with Crippen molar-refractivity contribution in [3.05, 3.63) is 0 Å². The molecule has 23 heavy (non-hydrogen) atoms. The molecule has 5 N–H and O–H groups in total. The maximum absolute atomic E-state index is 9.03. The molecule has 0 radical (unpaired) electrons. The van der Waals surface area contributed by atoms with Crippen LogP contribution in [-0.2, 0) is 0 Å². The largest absolute Gasteiger partial charge is 0.396 e. The summed E-state index contributed by atoms with van der Waals surface area (Å²) in [6.45, 7) is 5.85. The summed E-state index contributed by atoms with van der Waals surface area (Å²) in [6.07, 6.45) is 2.54. The average Bonchev–Trinajstić information content (AvgIpc) is 2.90. The Balaban J connectivity index is 0.000000841. The Labute approximate surface area is 149 Å². The number of hydrogen-bond acceptors (Lipinski definition) is 6. The summed E-state index contributed by atoms with van der Waals surface area (Å²) in [5.41, 5.74) is 8.94. The predicted molar refractivity (Wildman–Crippen MR) is 105 cm³/mol. The maximum Gasteiger partial charge on any atom is 0.186 e. The van der Waals surface area contributed by atoms with E-state index in [0.717, 1.165) is 43.8 Å². The van der Waals surface area contributed by atoms with Crippen molar-refractivity contribution in [1.29, 1.82) is 0 Å². The lowest BCUT2D eigenvalue weighted by atomic mass is 10.0. The topological polar surface area (TPSA) is 93.1 Å². The Morgan fingerprint density at radius 2 is 2.09 bits per heavy atom. The van der Waals surface area contributed by atoms with Crippen LogP contribution in [0.15, 0.2) is 10.2 Å². The van der Waals surface area contributed by atoms with E-state index in [9.17, 15) is 0 Å². The van der Waals surface area contributed by atoms with E-state index in [1.165, 1.54) is 5.49 Å². The molecule has 0 amide bonds. The highest BCUT2D eigenvalue weighted by Crippen LogP contribution is 2.23. The van der Waals surface area contributed by atoms with Crippen LogP contribution in [0.4, 0.5) is 0 Å². The molecule has 0 spiro atoms. The van der Waals surface area contributed by atoms with Crippen molar-refractivity contribution in [3.63, 3.8) is 0 Å². The van der Waals surface area contributed by atoms with Crippen LogP contribution in [0, 0.1) is 5.92 Å². The van der Waals surface area contributed by atoms with Gasteiger partial charge in [0.05, 0.1) is 16.9 Å². The van der Waals surface area contributed by atoms with Gasteiger partial charge in [0.25, 0.3) is 0 Å². The lowest BCUT2D eigenvalue weighted by molar-refractivity contribution is 0.273. The minimum Gasteiger partial charge on any atom is -0.396 e. The number of nitrogens with zero attached hydrogens (tertiary/aromatic N) is 2. The Bertz CT molecular complexity index is 414. The normalized spacial score (nSPS) is 19.7. The maximum atomic E-state index is 9.03. The zero-order chi connectivity index (χ0) is 17.5. The molecule has 1 atom stereocenters. The summed E-state index contributed by atoms with van der Waals surface area (Å²) >= 11 is 9.46. The quantitative estimate of drug-likeness (QED) is 0.338. The smallest absolute Gasteiger partial charge is 0.186 e. The van der Waals surface area contributed by atoms with Crippen molar-refractivity contribution in [2.45, 2.75) is 33.1 Å². The third-order valence-electron chi connectivity index (χ3n) is 3.04. The van der Waals surface area contributed by atoms with Crippen molar-refractivity contribution in [3.8, 4) is 0 Å². The van der Waals surface area contributed by atoms with E-state index < -0.39 is 0 Å². The molecule has 1 fully saturated rings. The SMILES string of the molecule is CCNC(=S)N/N=C1\CCC(CCO)\C1=N/NC.CCNC=S. The van der Waals surface area contributed by atoms with E-state index >= 15 is 0 Å². The second kappa shape index (κ2) is 14.3. The fourth-order valence-electron chi connectivity index (χ4n) is 2.04. The fourth-order valence-corrected chi connectivity index (χ4v) is 2.40. The van der Waals surface area contributed by atoms with Gasteiger partial charge in [-0.1, -0.05) is 12.2 Å². The molecule has 0 aromatic carbocycles. The molecule has 0 saturated heterocycles. The van der Waals surface area contributed by atoms with E-state index in [4.69, 9.17) is 17.3 Å². The van der Waals surface area contributed by atoms with Crippen LogP contribution in [0.3, 0.4) is 0 Å². The second-order valence-corrected chi connectivity index (χ2v) is 5.32. The van der Waals surface area contributed by atoms with Crippen molar-refractivity contribution in [1.82, 2.24) is 21.5 Å². The van der Waals surface area contributed by atoms with E-state index in [1.54, 1.807) is 7.05 Å². The summed E-state index contributed by atoms with van der Waals surface area (Å²) in [6, 6.07) is 0. The predicted octanol–water partition coefficient (Wildman–Crippen LogP) is 0.747. The van der Waals surface area contributed by atoms with Gasteiger partial charge < -0.3 is 21.2 Å². The first kappa shape index (κ1) is 21.7. The molecule has 1 aliphatic carbocycles. The van der Waals surface area contributed by atoms with Crippen LogP contribution in [0.1, 0.15) is 33.1 Å². The van der Waals surface area contributed by atoms with Gasteiger partial charge in [-0.25, -0.2) is 0 Å². The van der Waals surface area contributed by atoms with Gasteiger partial charge in [-0.15, -0.1) is 0 Å². The molecule has 7 nitrogen and oxygen atoms in total. The molecule has 1 aliphatic rings.